The number of hydrogen-bond acceptors (Lipinski definition) is 1. The maximum absolute atomic E-state index is 13.3. The minimum absolute atomic E-state index is 0.386. The van der Waals surface area contributed by atoms with Gasteiger partial charge in [0.2, 0.25) is 0 Å². The molecule has 1 N–H and O–H groups in total. The summed E-state index contributed by atoms with van der Waals surface area (Å²) in [6.07, 6.45) is 3.80. The summed E-state index contributed by atoms with van der Waals surface area (Å²) in [6.45, 7) is 2.52. The van der Waals surface area contributed by atoms with Crippen LogP contribution in [0.25, 0.3) is 0 Å². The second-order valence-corrected chi connectivity index (χ2v) is 4.57. The lowest BCUT2D eigenvalue weighted by atomic mass is 9.80. The van der Waals surface area contributed by atoms with E-state index in [4.69, 9.17) is 0 Å². The first kappa shape index (κ1) is 11.5. The molecular formula is C13H17F2N. The van der Waals surface area contributed by atoms with Gasteiger partial charge in [0.1, 0.15) is 0 Å². The molecule has 1 atom stereocenters. The highest BCUT2D eigenvalue weighted by Crippen LogP contribution is 2.29. The monoisotopic (exact) mass is 225 g/mol. The highest BCUT2D eigenvalue weighted by Gasteiger charge is 2.23. The number of hydrogen-bond donors (Lipinski definition) is 1. The highest BCUT2D eigenvalue weighted by molar-refractivity contribution is 5.18. The van der Waals surface area contributed by atoms with E-state index in [2.05, 4.69) is 12.2 Å². The Labute approximate surface area is 94.9 Å². The zero-order valence-corrected chi connectivity index (χ0v) is 9.47. The molecule has 0 amide bonds. The molecule has 0 heterocycles. The van der Waals surface area contributed by atoms with Crippen molar-refractivity contribution in [3.05, 3.63) is 35.4 Å². The van der Waals surface area contributed by atoms with Crippen LogP contribution in [0.4, 0.5) is 8.78 Å². The minimum atomic E-state index is -0.768. The number of nitrogens with one attached hydrogen (secondary N) is 1. The molecule has 0 saturated heterocycles. The molecule has 16 heavy (non-hydrogen) atoms. The van der Waals surface area contributed by atoms with Gasteiger partial charge in [0.15, 0.2) is 11.6 Å². The molecule has 3 heteroatoms. The van der Waals surface area contributed by atoms with E-state index in [-0.39, 0.29) is 0 Å². The van der Waals surface area contributed by atoms with Crippen LogP contribution in [0.2, 0.25) is 0 Å². The summed E-state index contributed by atoms with van der Waals surface area (Å²) >= 11 is 0. The molecule has 1 unspecified atom stereocenters. The van der Waals surface area contributed by atoms with Crippen molar-refractivity contribution >= 4 is 0 Å². The quantitative estimate of drug-likeness (QED) is 0.829. The minimum Gasteiger partial charge on any atom is -0.310 e. The van der Waals surface area contributed by atoms with Gasteiger partial charge in [-0.2, -0.15) is 0 Å². The van der Waals surface area contributed by atoms with Gasteiger partial charge < -0.3 is 5.32 Å². The smallest absolute Gasteiger partial charge is 0.163 e. The third-order valence-electron chi connectivity index (χ3n) is 3.50. The van der Waals surface area contributed by atoms with E-state index in [1.165, 1.54) is 19.3 Å². The molecule has 1 fully saturated rings. The lowest BCUT2D eigenvalue weighted by Gasteiger charge is -2.32. The van der Waals surface area contributed by atoms with Crippen LogP contribution in [0.1, 0.15) is 31.7 Å². The van der Waals surface area contributed by atoms with E-state index >= 15 is 0 Å². The summed E-state index contributed by atoms with van der Waals surface area (Å²) in [7, 11) is 0. The van der Waals surface area contributed by atoms with Crippen molar-refractivity contribution in [1.29, 1.82) is 0 Å². The van der Waals surface area contributed by atoms with Crippen LogP contribution >= 0.6 is 0 Å². The van der Waals surface area contributed by atoms with E-state index in [1.54, 1.807) is 12.1 Å². The Morgan fingerprint density at radius 1 is 1.38 bits per heavy atom. The average Bonchev–Trinajstić information content (AvgIpc) is 2.18. The largest absolute Gasteiger partial charge is 0.310 e. The van der Waals surface area contributed by atoms with Crippen LogP contribution in [0, 0.1) is 17.6 Å². The number of halogens is 2. The molecule has 0 spiro atoms. The molecule has 1 aliphatic rings. The van der Waals surface area contributed by atoms with E-state index in [0.717, 1.165) is 6.07 Å². The Bertz CT molecular complexity index is 361. The van der Waals surface area contributed by atoms with Crippen molar-refractivity contribution in [3.8, 4) is 0 Å². The molecule has 1 nitrogen and oxygen atoms in total. The van der Waals surface area contributed by atoms with Gasteiger partial charge >= 0.3 is 0 Å². The van der Waals surface area contributed by atoms with Gasteiger partial charge in [0.05, 0.1) is 0 Å². The summed E-state index contributed by atoms with van der Waals surface area (Å²) in [6, 6.07) is 4.70. The zero-order valence-electron chi connectivity index (χ0n) is 9.47. The summed E-state index contributed by atoms with van der Waals surface area (Å²) in [5, 5.41) is 3.26. The predicted octanol–water partition coefficient (Wildman–Crippen LogP) is 3.24. The third kappa shape index (κ3) is 2.40. The van der Waals surface area contributed by atoms with Crippen molar-refractivity contribution in [2.24, 2.45) is 5.92 Å². The molecule has 0 radical (unpaired) electrons. The van der Waals surface area contributed by atoms with Gasteiger partial charge in [0.25, 0.3) is 0 Å². The fraction of sp³-hybridized carbons (Fsp3) is 0.538. The van der Waals surface area contributed by atoms with Gasteiger partial charge in [-0.15, -0.1) is 0 Å². The number of rotatable bonds is 4. The van der Waals surface area contributed by atoms with Crippen molar-refractivity contribution in [2.45, 2.75) is 38.8 Å². The van der Waals surface area contributed by atoms with Gasteiger partial charge in [0, 0.05) is 18.2 Å². The van der Waals surface area contributed by atoms with Gasteiger partial charge in [-0.25, -0.2) is 8.78 Å². The second kappa shape index (κ2) is 4.91. The first-order valence-electron chi connectivity index (χ1n) is 5.84. The van der Waals surface area contributed by atoms with Crippen molar-refractivity contribution in [2.75, 3.05) is 0 Å². The lowest BCUT2D eigenvalue weighted by molar-refractivity contribution is 0.239. The maximum Gasteiger partial charge on any atom is 0.163 e. The van der Waals surface area contributed by atoms with Crippen molar-refractivity contribution in [3.63, 3.8) is 0 Å². The van der Waals surface area contributed by atoms with E-state index in [9.17, 15) is 8.78 Å². The fourth-order valence-corrected chi connectivity index (χ4v) is 2.06. The van der Waals surface area contributed by atoms with Gasteiger partial charge in [-0.05, 0) is 31.7 Å². The maximum atomic E-state index is 13.3. The molecule has 88 valence electrons. The Morgan fingerprint density at radius 3 is 2.75 bits per heavy atom. The molecular weight excluding hydrogens is 208 g/mol. The molecule has 2 rings (SSSR count). The highest BCUT2D eigenvalue weighted by atomic mass is 19.2. The SMILES string of the molecule is CC(NCc1cccc(F)c1F)C1CCC1. The van der Waals surface area contributed by atoms with Crippen LogP contribution in [-0.4, -0.2) is 6.04 Å². The molecule has 1 aromatic carbocycles. The second-order valence-electron chi connectivity index (χ2n) is 4.57. The Kier molecular flexibility index (Phi) is 3.54. The summed E-state index contributed by atoms with van der Waals surface area (Å²) in [5.41, 5.74) is 0.408. The Hall–Kier alpha value is -0.960. The normalized spacial score (nSPS) is 18.2. The molecule has 1 aromatic rings. The Balaban J connectivity index is 1.91. The molecule has 0 aromatic heterocycles. The fourth-order valence-electron chi connectivity index (χ4n) is 2.06. The van der Waals surface area contributed by atoms with Crippen LogP contribution in [0.15, 0.2) is 18.2 Å². The molecule has 0 aliphatic heterocycles. The van der Waals surface area contributed by atoms with Crippen LogP contribution in [0.5, 0.6) is 0 Å². The summed E-state index contributed by atoms with van der Waals surface area (Å²) in [5.74, 6) is -0.789. The first-order chi connectivity index (χ1) is 7.68. The van der Waals surface area contributed by atoms with Gasteiger partial charge in [-0.1, -0.05) is 18.6 Å². The predicted molar refractivity (Wildman–Crippen MR) is 60.0 cm³/mol. The third-order valence-corrected chi connectivity index (χ3v) is 3.50. The van der Waals surface area contributed by atoms with Gasteiger partial charge in [-0.3, -0.25) is 0 Å². The summed E-state index contributed by atoms with van der Waals surface area (Å²) < 4.78 is 26.3. The van der Waals surface area contributed by atoms with E-state index < -0.39 is 11.6 Å². The Morgan fingerprint density at radius 2 is 2.12 bits per heavy atom. The summed E-state index contributed by atoms with van der Waals surface area (Å²) in [4.78, 5) is 0. The van der Waals surface area contributed by atoms with Crippen LogP contribution in [-0.2, 0) is 6.54 Å². The van der Waals surface area contributed by atoms with Crippen molar-refractivity contribution < 1.29 is 8.78 Å². The zero-order chi connectivity index (χ0) is 11.5. The van der Waals surface area contributed by atoms with Crippen LogP contribution in [0.3, 0.4) is 0 Å². The lowest BCUT2D eigenvalue weighted by Crippen LogP contribution is -2.36. The average molecular weight is 225 g/mol. The topological polar surface area (TPSA) is 12.0 Å². The molecule has 0 bridgehead atoms. The van der Waals surface area contributed by atoms with Crippen molar-refractivity contribution in [1.82, 2.24) is 5.32 Å². The first-order valence-corrected chi connectivity index (χ1v) is 5.84. The standard InChI is InChI=1S/C13H17F2N/c1-9(10-4-2-5-10)16-8-11-6-3-7-12(14)13(11)15/h3,6-7,9-10,16H,2,4-5,8H2,1H3. The van der Waals surface area contributed by atoms with Crippen LogP contribution < -0.4 is 5.32 Å². The van der Waals surface area contributed by atoms with E-state index in [1.807, 2.05) is 0 Å². The molecule has 1 saturated carbocycles. The number of benzene rings is 1. The molecule has 1 aliphatic carbocycles. The van der Waals surface area contributed by atoms with E-state index in [0.29, 0.717) is 24.1 Å².